The summed E-state index contributed by atoms with van der Waals surface area (Å²) in [5, 5.41) is 2.61. The van der Waals surface area contributed by atoms with Crippen molar-refractivity contribution in [3.63, 3.8) is 0 Å². The number of methoxy groups -OCH3 is 2. The van der Waals surface area contributed by atoms with Gasteiger partial charge in [0.05, 0.1) is 19.9 Å². The fourth-order valence-electron chi connectivity index (χ4n) is 1.48. The molecule has 0 fully saturated rings. The van der Waals surface area contributed by atoms with Crippen molar-refractivity contribution in [1.82, 2.24) is 0 Å². The lowest BCUT2D eigenvalue weighted by Crippen LogP contribution is -2.12. The van der Waals surface area contributed by atoms with E-state index in [-0.39, 0.29) is 0 Å². The molecule has 0 saturated carbocycles. The van der Waals surface area contributed by atoms with Gasteiger partial charge >= 0.3 is 6.09 Å². The number of nitrogens with one attached hydrogen (secondary N) is 1. The standard InChI is InChI=1S/C11H15NO3/c1-7-5-8(2)10(14-3)9(6-7)12-11(13)15-4/h5-6H,1-4H3,(H,12,13). The Morgan fingerprint density at radius 2 is 1.93 bits per heavy atom. The Kier molecular flexibility index (Phi) is 3.55. The summed E-state index contributed by atoms with van der Waals surface area (Å²) in [4.78, 5) is 11.1. The minimum Gasteiger partial charge on any atom is -0.494 e. The van der Waals surface area contributed by atoms with Crippen LogP contribution in [0.2, 0.25) is 0 Å². The summed E-state index contributed by atoms with van der Waals surface area (Å²) in [6.45, 7) is 3.88. The van der Waals surface area contributed by atoms with Crippen LogP contribution in [-0.2, 0) is 4.74 Å². The lowest BCUT2D eigenvalue weighted by atomic mass is 10.1. The summed E-state index contributed by atoms with van der Waals surface area (Å²) in [6.07, 6.45) is -0.502. The highest BCUT2D eigenvalue weighted by Gasteiger charge is 2.10. The van der Waals surface area contributed by atoms with Gasteiger partial charge in [-0.2, -0.15) is 0 Å². The van der Waals surface area contributed by atoms with Crippen LogP contribution in [0.4, 0.5) is 10.5 Å². The molecule has 0 spiro atoms. The number of carbonyl (C=O) groups excluding carboxylic acids is 1. The molecule has 0 radical (unpaired) electrons. The number of amides is 1. The number of benzene rings is 1. The average Bonchev–Trinajstić information content (AvgIpc) is 2.17. The Bertz CT molecular complexity index is 374. The van der Waals surface area contributed by atoms with E-state index in [2.05, 4.69) is 10.1 Å². The first-order chi connectivity index (χ1) is 7.08. The third kappa shape index (κ3) is 2.62. The molecule has 4 heteroatoms. The molecule has 1 rings (SSSR count). The van der Waals surface area contributed by atoms with Crippen LogP contribution >= 0.6 is 0 Å². The lowest BCUT2D eigenvalue weighted by Gasteiger charge is -2.12. The van der Waals surface area contributed by atoms with Gasteiger partial charge in [0.1, 0.15) is 5.75 Å². The Morgan fingerprint density at radius 1 is 1.27 bits per heavy atom. The minimum absolute atomic E-state index is 0.502. The highest BCUT2D eigenvalue weighted by Crippen LogP contribution is 2.29. The third-order valence-corrected chi connectivity index (χ3v) is 2.05. The molecule has 1 amide bonds. The first-order valence-corrected chi connectivity index (χ1v) is 4.58. The number of carbonyl (C=O) groups is 1. The topological polar surface area (TPSA) is 47.6 Å². The molecule has 4 nitrogen and oxygen atoms in total. The zero-order chi connectivity index (χ0) is 11.4. The van der Waals surface area contributed by atoms with Crippen molar-refractivity contribution in [3.05, 3.63) is 23.3 Å². The van der Waals surface area contributed by atoms with Crippen molar-refractivity contribution in [2.75, 3.05) is 19.5 Å². The lowest BCUT2D eigenvalue weighted by molar-refractivity contribution is 0.187. The zero-order valence-electron chi connectivity index (χ0n) is 9.38. The molecular weight excluding hydrogens is 194 g/mol. The van der Waals surface area contributed by atoms with Crippen LogP contribution < -0.4 is 10.1 Å². The maximum Gasteiger partial charge on any atom is 0.411 e. The van der Waals surface area contributed by atoms with Gasteiger partial charge in [-0.05, 0) is 31.0 Å². The second-order valence-corrected chi connectivity index (χ2v) is 3.28. The van der Waals surface area contributed by atoms with Gasteiger partial charge in [0.25, 0.3) is 0 Å². The number of hydrogen-bond acceptors (Lipinski definition) is 3. The van der Waals surface area contributed by atoms with Crippen LogP contribution in [0, 0.1) is 13.8 Å². The molecule has 0 atom stereocenters. The maximum absolute atomic E-state index is 11.1. The monoisotopic (exact) mass is 209 g/mol. The van der Waals surface area contributed by atoms with Crippen LogP contribution in [0.1, 0.15) is 11.1 Å². The van der Waals surface area contributed by atoms with Gasteiger partial charge in [0.15, 0.2) is 0 Å². The van der Waals surface area contributed by atoms with Crippen LogP contribution in [0.25, 0.3) is 0 Å². The predicted molar refractivity (Wildman–Crippen MR) is 58.5 cm³/mol. The fraction of sp³-hybridized carbons (Fsp3) is 0.364. The number of aryl methyl sites for hydroxylation is 2. The second kappa shape index (κ2) is 4.68. The highest BCUT2D eigenvalue weighted by molar-refractivity contribution is 5.87. The molecule has 1 aromatic carbocycles. The van der Waals surface area contributed by atoms with Crippen molar-refractivity contribution in [2.24, 2.45) is 0 Å². The molecule has 82 valence electrons. The highest BCUT2D eigenvalue weighted by atomic mass is 16.5. The molecule has 0 aliphatic rings. The molecule has 15 heavy (non-hydrogen) atoms. The summed E-state index contributed by atoms with van der Waals surface area (Å²) in [5.74, 6) is 0.658. The van der Waals surface area contributed by atoms with E-state index in [0.29, 0.717) is 11.4 Å². The Hall–Kier alpha value is -1.71. The van der Waals surface area contributed by atoms with Gasteiger partial charge in [-0.3, -0.25) is 5.32 Å². The van der Waals surface area contributed by atoms with Crippen molar-refractivity contribution in [2.45, 2.75) is 13.8 Å². The van der Waals surface area contributed by atoms with Crippen LogP contribution in [0.15, 0.2) is 12.1 Å². The van der Waals surface area contributed by atoms with Gasteiger partial charge < -0.3 is 9.47 Å². The van der Waals surface area contributed by atoms with Crippen LogP contribution in [0.3, 0.4) is 0 Å². The van der Waals surface area contributed by atoms with Crippen molar-refractivity contribution >= 4 is 11.8 Å². The summed E-state index contributed by atoms with van der Waals surface area (Å²) >= 11 is 0. The van der Waals surface area contributed by atoms with E-state index in [1.54, 1.807) is 7.11 Å². The molecular formula is C11H15NO3. The Balaban J connectivity index is 3.09. The smallest absolute Gasteiger partial charge is 0.411 e. The summed E-state index contributed by atoms with van der Waals surface area (Å²) in [7, 11) is 2.89. The fourth-order valence-corrected chi connectivity index (χ4v) is 1.48. The molecule has 0 unspecified atom stereocenters. The molecule has 1 aromatic rings. The van der Waals surface area contributed by atoms with Gasteiger partial charge in [0, 0.05) is 0 Å². The largest absolute Gasteiger partial charge is 0.494 e. The molecule has 0 heterocycles. The van der Waals surface area contributed by atoms with E-state index < -0.39 is 6.09 Å². The number of anilines is 1. The minimum atomic E-state index is -0.502. The predicted octanol–water partition coefficient (Wildman–Crippen LogP) is 2.49. The van der Waals surface area contributed by atoms with E-state index in [1.807, 2.05) is 26.0 Å². The maximum atomic E-state index is 11.1. The number of rotatable bonds is 2. The molecule has 0 aliphatic carbocycles. The van der Waals surface area contributed by atoms with E-state index in [4.69, 9.17) is 4.74 Å². The van der Waals surface area contributed by atoms with E-state index in [1.165, 1.54) is 7.11 Å². The number of ether oxygens (including phenoxy) is 2. The van der Waals surface area contributed by atoms with Gasteiger partial charge in [-0.1, -0.05) is 6.07 Å². The molecule has 0 bridgehead atoms. The molecule has 0 aromatic heterocycles. The van der Waals surface area contributed by atoms with Gasteiger partial charge in [-0.15, -0.1) is 0 Å². The van der Waals surface area contributed by atoms with Crippen molar-refractivity contribution in [3.8, 4) is 5.75 Å². The Morgan fingerprint density at radius 3 is 2.47 bits per heavy atom. The zero-order valence-corrected chi connectivity index (χ0v) is 9.38. The van der Waals surface area contributed by atoms with E-state index in [0.717, 1.165) is 11.1 Å². The van der Waals surface area contributed by atoms with Crippen LogP contribution in [-0.4, -0.2) is 20.3 Å². The van der Waals surface area contributed by atoms with Crippen LogP contribution in [0.5, 0.6) is 5.75 Å². The first-order valence-electron chi connectivity index (χ1n) is 4.58. The van der Waals surface area contributed by atoms with Crippen molar-refractivity contribution < 1.29 is 14.3 Å². The van der Waals surface area contributed by atoms with E-state index in [9.17, 15) is 4.79 Å². The normalized spacial score (nSPS) is 9.60. The second-order valence-electron chi connectivity index (χ2n) is 3.28. The molecule has 0 aliphatic heterocycles. The van der Waals surface area contributed by atoms with Gasteiger partial charge in [0.2, 0.25) is 0 Å². The SMILES string of the molecule is COC(=O)Nc1cc(C)cc(C)c1OC. The van der Waals surface area contributed by atoms with E-state index >= 15 is 0 Å². The first kappa shape index (κ1) is 11.4. The molecule has 1 N–H and O–H groups in total. The number of hydrogen-bond donors (Lipinski definition) is 1. The summed E-state index contributed by atoms with van der Waals surface area (Å²) in [5.41, 5.74) is 2.66. The summed E-state index contributed by atoms with van der Waals surface area (Å²) < 4.78 is 9.73. The Labute approximate surface area is 89.2 Å². The summed E-state index contributed by atoms with van der Waals surface area (Å²) in [6, 6.07) is 3.82. The third-order valence-electron chi connectivity index (χ3n) is 2.05. The molecule has 0 saturated heterocycles. The van der Waals surface area contributed by atoms with Gasteiger partial charge in [-0.25, -0.2) is 4.79 Å². The van der Waals surface area contributed by atoms with Crippen molar-refractivity contribution in [1.29, 1.82) is 0 Å². The average molecular weight is 209 g/mol. The quantitative estimate of drug-likeness (QED) is 0.814.